The summed E-state index contributed by atoms with van der Waals surface area (Å²) in [6.45, 7) is 0.697. The van der Waals surface area contributed by atoms with Crippen molar-refractivity contribution in [2.24, 2.45) is 0 Å². The maximum absolute atomic E-state index is 13.0. The summed E-state index contributed by atoms with van der Waals surface area (Å²) < 4.78 is 0. The first-order valence-corrected chi connectivity index (χ1v) is 10.00. The molecule has 5 nitrogen and oxygen atoms in total. The van der Waals surface area contributed by atoms with Crippen molar-refractivity contribution in [3.05, 3.63) is 102 Å². The topological polar surface area (TPSA) is 57.7 Å². The smallest absolute Gasteiger partial charge is 0.261 e. The van der Waals surface area contributed by atoms with Crippen LogP contribution >= 0.6 is 0 Å². The molecule has 30 heavy (non-hydrogen) atoms. The van der Waals surface area contributed by atoms with Crippen LogP contribution in [-0.2, 0) is 11.3 Å². The van der Waals surface area contributed by atoms with Crippen molar-refractivity contribution in [3.8, 4) is 0 Å². The van der Waals surface area contributed by atoms with Gasteiger partial charge < -0.3 is 4.90 Å². The van der Waals surface area contributed by atoms with Gasteiger partial charge in [0.1, 0.15) is 0 Å². The van der Waals surface area contributed by atoms with E-state index in [-0.39, 0.29) is 30.7 Å². The molecule has 0 atom stereocenters. The lowest BCUT2D eigenvalue weighted by molar-refractivity contribution is -0.118. The molecule has 0 unspecified atom stereocenters. The highest BCUT2D eigenvalue weighted by molar-refractivity contribution is 6.21. The third-order valence-electron chi connectivity index (χ3n) is 5.20. The molecule has 0 aliphatic carbocycles. The Kier molecular flexibility index (Phi) is 5.70. The lowest BCUT2D eigenvalue weighted by atomic mass is 10.1. The summed E-state index contributed by atoms with van der Waals surface area (Å²) in [5.41, 5.74) is 2.73. The van der Waals surface area contributed by atoms with Crippen molar-refractivity contribution in [1.29, 1.82) is 0 Å². The lowest BCUT2D eigenvalue weighted by Gasteiger charge is -2.23. The van der Waals surface area contributed by atoms with Crippen molar-refractivity contribution in [2.75, 3.05) is 11.4 Å². The summed E-state index contributed by atoms with van der Waals surface area (Å²) >= 11 is 0. The van der Waals surface area contributed by atoms with Crippen molar-refractivity contribution in [3.63, 3.8) is 0 Å². The van der Waals surface area contributed by atoms with E-state index in [1.807, 2.05) is 60.7 Å². The number of hydrogen-bond donors (Lipinski definition) is 0. The van der Waals surface area contributed by atoms with Gasteiger partial charge in [-0.1, -0.05) is 60.7 Å². The van der Waals surface area contributed by atoms with Crippen LogP contribution in [0.15, 0.2) is 84.9 Å². The zero-order valence-electron chi connectivity index (χ0n) is 16.5. The van der Waals surface area contributed by atoms with E-state index in [0.29, 0.717) is 24.1 Å². The SMILES string of the molecule is O=C1c2ccccc2C(=O)N1CCCC(=O)N(Cc1ccccc1)c1ccccc1. The zero-order chi connectivity index (χ0) is 20.9. The number of rotatable bonds is 7. The molecule has 0 spiro atoms. The maximum atomic E-state index is 13.0. The van der Waals surface area contributed by atoms with Crippen LogP contribution in [0.25, 0.3) is 0 Å². The van der Waals surface area contributed by atoms with E-state index in [4.69, 9.17) is 0 Å². The Hall–Kier alpha value is -3.73. The highest BCUT2D eigenvalue weighted by Crippen LogP contribution is 2.23. The normalized spacial score (nSPS) is 12.7. The minimum Gasteiger partial charge on any atom is -0.308 e. The molecule has 3 aromatic carbocycles. The Morgan fingerprint density at radius 2 is 1.27 bits per heavy atom. The number of imide groups is 1. The Morgan fingerprint density at radius 3 is 1.87 bits per heavy atom. The highest BCUT2D eigenvalue weighted by atomic mass is 16.2. The van der Waals surface area contributed by atoms with E-state index in [9.17, 15) is 14.4 Å². The van der Waals surface area contributed by atoms with Crippen molar-refractivity contribution < 1.29 is 14.4 Å². The highest BCUT2D eigenvalue weighted by Gasteiger charge is 2.34. The molecule has 150 valence electrons. The molecule has 3 aromatic rings. The van der Waals surface area contributed by atoms with Gasteiger partial charge in [0.05, 0.1) is 17.7 Å². The Labute approximate surface area is 175 Å². The second-order valence-electron chi connectivity index (χ2n) is 7.21. The molecule has 0 radical (unpaired) electrons. The first kappa shape index (κ1) is 19.6. The fourth-order valence-electron chi connectivity index (χ4n) is 3.66. The van der Waals surface area contributed by atoms with Crippen molar-refractivity contribution in [2.45, 2.75) is 19.4 Å². The number of amides is 3. The van der Waals surface area contributed by atoms with Gasteiger partial charge in [0.15, 0.2) is 0 Å². The van der Waals surface area contributed by atoms with E-state index >= 15 is 0 Å². The second-order valence-corrected chi connectivity index (χ2v) is 7.21. The number of fused-ring (bicyclic) bond motifs is 1. The summed E-state index contributed by atoms with van der Waals surface area (Å²) in [6, 6.07) is 26.2. The molecule has 1 heterocycles. The van der Waals surface area contributed by atoms with Gasteiger partial charge >= 0.3 is 0 Å². The third kappa shape index (κ3) is 4.01. The van der Waals surface area contributed by atoms with Crippen LogP contribution in [0.1, 0.15) is 39.1 Å². The van der Waals surface area contributed by atoms with Crippen LogP contribution in [-0.4, -0.2) is 29.2 Å². The second kappa shape index (κ2) is 8.74. The standard InChI is InChI=1S/C25H22N2O3/c28-23(16-9-17-26-24(29)21-14-7-8-15-22(21)25(26)30)27(20-12-5-2-6-13-20)18-19-10-3-1-4-11-19/h1-8,10-15H,9,16-18H2. The van der Waals surface area contributed by atoms with Crippen LogP contribution in [0.5, 0.6) is 0 Å². The van der Waals surface area contributed by atoms with Gasteiger partial charge in [-0.25, -0.2) is 0 Å². The molecule has 0 N–H and O–H groups in total. The molecule has 0 fully saturated rings. The molecule has 5 heteroatoms. The summed E-state index contributed by atoms with van der Waals surface area (Å²) in [5, 5.41) is 0. The van der Waals surface area contributed by atoms with Crippen LogP contribution in [0.4, 0.5) is 5.69 Å². The van der Waals surface area contributed by atoms with Gasteiger partial charge in [-0.15, -0.1) is 0 Å². The minimum absolute atomic E-state index is 0.0401. The van der Waals surface area contributed by atoms with Crippen LogP contribution in [0.2, 0.25) is 0 Å². The monoisotopic (exact) mass is 398 g/mol. The predicted octanol–water partition coefficient (Wildman–Crippen LogP) is 4.30. The van der Waals surface area contributed by atoms with E-state index in [2.05, 4.69) is 0 Å². The number of carbonyl (C=O) groups is 3. The number of nitrogens with zero attached hydrogens (tertiary/aromatic N) is 2. The predicted molar refractivity (Wildman–Crippen MR) is 115 cm³/mol. The zero-order valence-corrected chi connectivity index (χ0v) is 16.5. The Balaban J connectivity index is 1.42. The van der Waals surface area contributed by atoms with Gasteiger partial charge in [0.2, 0.25) is 5.91 Å². The molecule has 0 aromatic heterocycles. The van der Waals surface area contributed by atoms with Crippen molar-refractivity contribution in [1.82, 2.24) is 4.90 Å². The van der Waals surface area contributed by atoms with Gasteiger partial charge in [-0.2, -0.15) is 0 Å². The summed E-state index contributed by atoms with van der Waals surface area (Å²) in [5.74, 6) is -0.610. The summed E-state index contributed by atoms with van der Waals surface area (Å²) in [6.07, 6.45) is 0.664. The molecule has 0 saturated carbocycles. The van der Waals surface area contributed by atoms with E-state index in [1.165, 1.54) is 4.90 Å². The third-order valence-corrected chi connectivity index (χ3v) is 5.20. The Morgan fingerprint density at radius 1 is 0.733 bits per heavy atom. The van der Waals surface area contributed by atoms with Crippen molar-refractivity contribution >= 4 is 23.4 Å². The molecular weight excluding hydrogens is 376 g/mol. The number of anilines is 1. The fourth-order valence-corrected chi connectivity index (χ4v) is 3.66. The molecule has 4 rings (SSSR count). The number of para-hydroxylation sites is 1. The van der Waals surface area contributed by atoms with Crippen LogP contribution < -0.4 is 4.90 Å². The molecule has 1 aliphatic heterocycles. The first-order chi connectivity index (χ1) is 14.6. The minimum atomic E-state index is -0.285. The van der Waals surface area contributed by atoms with E-state index < -0.39 is 0 Å². The summed E-state index contributed by atoms with van der Waals surface area (Å²) in [4.78, 5) is 41.0. The maximum Gasteiger partial charge on any atom is 0.261 e. The van der Waals surface area contributed by atoms with Crippen LogP contribution in [0.3, 0.4) is 0 Å². The lowest BCUT2D eigenvalue weighted by Crippen LogP contribution is -2.33. The summed E-state index contributed by atoms with van der Waals surface area (Å²) in [7, 11) is 0. The molecule has 0 saturated heterocycles. The molecular formula is C25H22N2O3. The molecule has 0 bridgehead atoms. The Bertz CT molecular complexity index is 1030. The van der Waals surface area contributed by atoms with Gasteiger partial charge in [0.25, 0.3) is 11.8 Å². The van der Waals surface area contributed by atoms with E-state index in [1.54, 1.807) is 29.2 Å². The van der Waals surface area contributed by atoms with E-state index in [0.717, 1.165) is 11.3 Å². The largest absolute Gasteiger partial charge is 0.308 e. The van der Waals surface area contributed by atoms with Gasteiger partial charge in [-0.3, -0.25) is 19.3 Å². The van der Waals surface area contributed by atoms with Gasteiger partial charge in [-0.05, 0) is 36.2 Å². The molecule has 1 aliphatic rings. The van der Waals surface area contributed by atoms with Gasteiger partial charge in [0, 0.05) is 18.7 Å². The number of benzene rings is 3. The van der Waals surface area contributed by atoms with Crippen LogP contribution in [0, 0.1) is 0 Å². The number of hydrogen-bond acceptors (Lipinski definition) is 3. The number of carbonyl (C=O) groups excluding carboxylic acids is 3. The average Bonchev–Trinajstić information content (AvgIpc) is 3.04. The quantitative estimate of drug-likeness (QED) is 0.558. The fraction of sp³-hybridized carbons (Fsp3) is 0.160. The average molecular weight is 398 g/mol. The first-order valence-electron chi connectivity index (χ1n) is 10.00. The molecule has 3 amide bonds.